The maximum absolute atomic E-state index is 12.6. The third-order valence-corrected chi connectivity index (χ3v) is 1.25. The molecule has 0 fully saturated rings. The smallest absolute Gasteiger partial charge is 0.535 e. The summed E-state index contributed by atoms with van der Waals surface area (Å²) in [4.78, 5) is 0. The Morgan fingerprint density at radius 2 is 1.69 bits per heavy atom. The first kappa shape index (κ1) is 9.85. The van der Waals surface area contributed by atoms with Crippen LogP contribution in [0.25, 0.3) is 0 Å². The molecule has 0 aromatic heterocycles. The minimum atomic E-state index is -1.99. The Balaban J connectivity index is 3.24. The number of hydrogen-bond donors (Lipinski definition) is 1. The van der Waals surface area contributed by atoms with Gasteiger partial charge in [-0.25, -0.2) is 13.2 Å². The van der Waals surface area contributed by atoms with Crippen LogP contribution in [0, 0.1) is 23.3 Å². The highest BCUT2D eigenvalue weighted by Crippen LogP contribution is 2.23. The molecule has 1 aromatic carbocycles. The summed E-state index contributed by atoms with van der Waals surface area (Å²) in [5, 5.41) is 8.04. The van der Waals surface area contributed by atoms with Crippen LogP contribution in [0.2, 0.25) is 0 Å². The van der Waals surface area contributed by atoms with Gasteiger partial charge < -0.3 is 9.68 Å². The minimum Gasteiger partial charge on any atom is -0.535 e. The molecule has 0 heterocycles. The Hall–Kier alpha value is -1.24. The predicted octanol–water partition coefficient (Wildman–Crippen LogP) is 1.15. The van der Waals surface area contributed by atoms with Gasteiger partial charge in [-0.2, -0.15) is 4.39 Å². The summed E-state index contributed by atoms with van der Waals surface area (Å²) in [7, 11) is 0.0230. The highest BCUT2D eigenvalue weighted by molar-refractivity contribution is 6.17. The van der Waals surface area contributed by atoms with Crippen molar-refractivity contribution >= 4 is 7.69 Å². The lowest BCUT2D eigenvalue weighted by atomic mass is 10.2. The van der Waals surface area contributed by atoms with Crippen molar-refractivity contribution in [2.75, 3.05) is 0 Å². The lowest BCUT2D eigenvalue weighted by Crippen LogP contribution is -2.05. The maximum atomic E-state index is 12.6. The Labute approximate surface area is 71.1 Å². The molecular formula is C6H2BF4O2. The van der Waals surface area contributed by atoms with Crippen LogP contribution in [-0.4, -0.2) is 12.7 Å². The van der Waals surface area contributed by atoms with E-state index < -0.39 is 29.0 Å². The van der Waals surface area contributed by atoms with Gasteiger partial charge in [0.25, 0.3) is 0 Å². The molecule has 69 valence electrons. The molecule has 7 heteroatoms. The summed E-state index contributed by atoms with van der Waals surface area (Å²) in [5.41, 5.74) is 0. The molecule has 1 N–H and O–H groups in total. The third-order valence-electron chi connectivity index (χ3n) is 1.25. The van der Waals surface area contributed by atoms with Crippen molar-refractivity contribution < 1.29 is 27.2 Å². The van der Waals surface area contributed by atoms with E-state index in [-0.39, 0.29) is 13.8 Å². The van der Waals surface area contributed by atoms with Gasteiger partial charge in [-0.1, -0.05) is 0 Å². The molecule has 0 saturated heterocycles. The van der Waals surface area contributed by atoms with Crippen molar-refractivity contribution in [3.8, 4) is 5.75 Å². The zero-order chi connectivity index (χ0) is 10.0. The summed E-state index contributed by atoms with van der Waals surface area (Å²) in [6, 6.07) is 0.278. The van der Waals surface area contributed by atoms with Crippen molar-refractivity contribution in [2.45, 2.75) is 0 Å². The quantitative estimate of drug-likeness (QED) is 0.330. The summed E-state index contributed by atoms with van der Waals surface area (Å²) in [6.07, 6.45) is 0. The summed E-state index contributed by atoms with van der Waals surface area (Å²) in [5.74, 6) is -8.15. The standard InChI is InChI=1S/C6H2BF4O2/c8-2-1-3(13-7-12)5(10)6(11)4(2)9/h1,12H. The van der Waals surface area contributed by atoms with Crippen molar-refractivity contribution in [3.05, 3.63) is 29.3 Å². The van der Waals surface area contributed by atoms with Crippen LogP contribution in [0.1, 0.15) is 0 Å². The van der Waals surface area contributed by atoms with E-state index in [4.69, 9.17) is 5.02 Å². The zero-order valence-electron chi connectivity index (χ0n) is 6.02. The second-order valence-corrected chi connectivity index (χ2v) is 2.02. The second-order valence-electron chi connectivity index (χ2n) is 2.02. The molecule has 0 aliphatic heterocycles. The molecule has 1 radical (unpaired) electrons. The molecule has 0 atom stereocenters. The van der Waals surface area contributed by atoms with Crippen LogP contribution in [0.15, 0.2) is 6.07 Å². The molecule has 0 saturated carbocycles. The van der Waals surface area contributed by atoms with E-state index >= 15 is 0 Å². The van der Waals surface area contributed by atoms with Gasteiger partial charge in [-0.3, -0.25) is 0 Å². The molecule has 13 heavy (non-hydrogen) atoms. The fourth-order valence-electron chi connectivity index (χ4n) is 0.694. The van der Waals surface area contributed by atoms with Gasteiger partial charge in [0.2, 0.25) is 11.6 Å². The van der Waals surface area contributed by atoms with E-state index in [1.807, 2.05) is 0 Å². The normalized spacial score (nSPS) is 9.92. The van der Waals surface area contributed by atoms with E-state index in [9.17, 15) is 17.6 Å². The Morgan fingerprint density at radius 3 is 2.23 bits per heavy atom. The molecule has 0 spiro atoms. The second kappa shape index (κ2) is 3.65. The van der Waals surface area contributed by atoms with E-state index in [1.165, 1.54) is 0 Å². The maximum Gasteiger partial charge on any atom is 0.569 e. The molecule has 0 bridgehead atoms. The molecule has 1 rings (SSSR count). The van der Waals surface area contributed by atoms with Gasteiger partial charge in [0, 0.05) is 6.07 Å². The topological polar surface area (TPSA) is 29.5 Å². The van der Waals surface area contributed by atoms with Crippen LogP contribution < -0.4 is 4.65 Å². The fourth-order valence-corrected chi connectivity index (χ4v) is 0.694. The van der Waals surface area contributed by atoms with Crippen molar-refractivity contribution in [3.63, 3.8) is 0 Å². The number of halogens is 4. The fraction of sp³-hybridized carbons (Fsp3) is 0. The van der Waals surface area contributed by atoms with Crippen LogP contribution >= 0.6 is 0 Å². The van der Waals surface area contributed by atoms with Crippen molar-refractivity contribution in [1.82, 2.24) is 0 Å². The number of rotatable bonds is 2. The van der Waals surface area contributed by atoms with Gasteiger partial charge in [0.1, 0.15) is 5.75 Å². The van der Waals surface area contributed by atoms with Gasteiger partial charge >= 0.3 is 7.69 Å². The minimum absolute atomic E-state index is 0.0230. The molecular weight excluding hydrogens is 191 g/mol. The highest BCUT2D eigenvalue weighted by Gasteiger charge is 2.19. The summed E-state index contributed by atoms with van der Waals surface area (Å²) < 4.78 is 53.6. The molecule has 0 aliphatic carbocycles. The van der Waals surface area contributed by atoms with Crippen LogP contribution in [0.5, 0.6) is 5.75 Å². The van der Waals surface area contributed by atoms with Crippen molar-refractivity contribution in [1.29, 1.82) is 0 Å². The van der Waals surface area contributed by atoms with Crippen LogP contribution in [0.3, 0.4) is 0 Å². The average molecular weight is 193 g/mol. The molecule has 1 aromatic rings. The average Bonchev–Trinajstić information content (AvgIpc) is 2.11. The van der Waals surface area contributed by atoms with Gasteiger partial charge in [-0.15, -0.1) is 0 Å². The Kier molecular flexibility index (Phi) is 2.77. The van der Waals surface area contributed by atoms with Crippen LogP contribution in [0.4, 0.5) is 17.6 Å². The zero-order valence-corrected chi connectivity index (χ0v) is 6.02. The number of benzene rings is 1. The lowest BCUT2D eigenvalue weighted by Gasteiger charge is -2.04. The first-order valence-electron chi connectivity index (χ1n) is 3.03. The molecule has 0 unspecified atom stereocenters. The monoisotopic (exact) mass is 193 g/mol. The van der Waals surface area contributed by atoms with Gasteiger partial charge in [-0.05, 0) is 0 Å². The third kappa shape index (κ3) is 1.75. The SMILES string of the molecule is O[B]Oc1cc(F)c(F)c(F)c1F. The highest BCUT2D eigenvalue weighted by atomic mass is 19.2. The molecule has 2 nitrogen and oxygen atoms in total. The van der Waals surface area contributed by atoms with Crippen LogP contribution in [-0.2, 0) is 0 Å². The summed E-state index contributed by atoms with van der Waals surface area (Å²) in [6.45, 7) is 0. The predicted molar refractivity (Wildman–Crippen MR) is 34.9 cm³/mol. The van der Waals surface area contributed by atoms with Gasteiger partial charge in [0.15, 0.2) is 11.6 Å². The van der Waals surface area contributed by atoms with Crippen molar-refractivity contribution in [2.24, 2.45) is 0 Å². The lowest BCUT2D eigenvalue weighted by molar-refractivity contribution is 0.375. The first-order chi connectivity index (χ1) is 6.07. The van der Waals surface area contributed by atoms with E-state index in [0.29, 0.717) is 0 Å². The Morgan fingerprint density at radius 1 is 1.08 bits per heavy atom. The largest absolute Gasteiger partial charge is 0.569 e. The first-order valence-corrected chi connectivity index (χ1v) is 3.03. The number of hydrogen-bond acceptors (Lipinski definition) is 2. The molecule has 0 aliphatic rings. The van der Waals surface area contributed by atoms with E-state index in [1.54, 1.807) is 0 Å². The molecule has 0 amide bonds. The van der Waals surface area contributed by atoms with E-state index in [0.717, 1.165) is 0 Å². The van der Waals surface area contributed by atoms with Gasteiger partial charge in [0.05, 0.1) is 0 Å². The summed E-state index contributed by atoms with van der Waals surface area (Å²) >= 11 is 0. The van der Waals surface area contributed by atoms with E-state index in [2.05, 4.69) is 4.65 Å². The Bertz CT molecular complexity index is 331.